The third-order valence-electron chi connectivity index (χ3n) is 9.58. The zero-order valence-corrected chi connectivity index (χ0v) is 35.4. The van der Waals surface area contributed by atoms with Gasteiger partial charge in [0.25, 0.3) is 0 Å². The van der Waals surface area contributed by atoms with Crippen molar-refractivity contribution in [1.29, 1.82) is 0 Å². The van der Waals surface area contributed by atoms with Crippen molar-refractivity contribution in [3.8, 4) is 0 Å². The molecule has 17 N–H and O–H groups in total. The highest BCUT2D eigenvalue weighted by atomic mass is 16.6. The van der Waals surface area contributed by atoms with Crippen molar-refractivity contribution in [3.63, 3.8) is 0 Å². The maximum atomic E-state index is 12.6. The molecule has 1 unspecified atom stereocenters. The predicted octanol–water partition coefficient (Wildman–Crippen LogP) is -5.45. The minimum atomic E-state index is -1.68. The number of rotatable bonds is 29. The fourth-order valence-electron chi connectivity index (χ4n) is 6.35. The van der Waals surface area contributed by atoms with E-state index >= 15 is 0 Å². The van der Waals surface area contributed by atoms with Crippen molar-refractivity contribution >= 4 is 41.6 Å². The Morgan fingerprint density at radius 2 is 1.17 bits per heavy atom. The van der Waals surface area contributed by atoms with Crippen LogP contribution in [0.1, 0.15) is 35.0 Å². The average Bonchev–Trinajstić information content (AvgIpc) is 3.21. The Morgan fingerprint density at radius 3 is 1.60 bits per heavy atom. The third-order valence-corrected chi connectivity index (χ3v) is 9.58. The van der Waals surface area contributed by atoms with E-state index in [4.69, 9.17) is 51.4 Å². The fraction of sp³-hybridized carbons (Fsp3) is 0.703. The first-order valence-corrected chi connectivity index (χ1v) is 20.0. The van der Waals surface area contributed by atoms with E-state index in [1.54, 1.807) is 6.92 Å². The lowest BCUT2D eigenvalue weighted by Gasteiger charge is -2.40. The summed E-state index contributed by atoms with van der Waals surface area (Å²) in [5, 5.41) is 67.1. The molecule has 0 spiro atoms. The Morgan fingerprint density at radius 1 is 0.746 bits per heavy atom. The van der Waals surface area contributed by atoms with Gasteiger partial charge in [-0.1, -0.05) is 13.8 Å². The lowest BCUT2D eigenvalue weighted by molar-refractivity contribution is -0.160. The van der Waals surface area contributed by atoms with Gasteiger partial charge in [-0.25, -0.2) is 19.6 Å². The van der Waals surface area contributed by atoms with Crippen LogP contribution in [0.3, 0.4) is 0 Å². The molecule has 0 saturated carbocycles. The number of aliphatic carboxylic acids is 2. The molecular formula is C37H65N9O17. The van der Waals surface area contributed by atoms with E-state index in [1.807, 2.05) is 6.92 Å². The summed E-state index contributed by atoms with van der Waals surface area (Å²) in [6.45, 7) is 3.28. The van der Waals surface area contributed by atoms with Crippen molar-refractivity contribution < 1.29 is 84.5 Å². The number of aliphatic imine (C=N–C) groups is 2. The molecule has 0 aromatic rings. The van der Waals surface area contributed by atoms with E-state index in [1.165, 1.54) is 13.0 Å². The van der Waals surface area contributed by atoms with Gasteiger partial charge < -0.3 is 97.9 Å². The molecule has 0 aliphatic carbocycles. The molecule has 2 rings (SSSR count). The summed E-state index contributed by atoms with van der Waals surface area (Å²) in [4.78, 5) is 68.5. The maximum absolute atomic E-state index is 12.6. The number of amides is 3. The number of nitrogens with zero attached hydrogens (tertiary/aromatic N) is 2. The Bertz CT molecular complexity index is 1630. The molecule has 3 amide bonds. The van der Waals surface area contributed by atoms with Gasteiger partial charge >= 0.3 is 11.9 Å². The number of carbonyl (C=O) groups is 5. The molecule has 0 fully saturated rings. The van der Waals surface area contributed by atoms with Gasteiger partial charge in [-0.05, 0) is 30.9 Å². The number of carboxylic acids is 2. The first-order valence-electron chi connectivity index (χ1n) is 20.0. The number of hydrogen-bond acceptors (Lipinski definition) is 17. The van der Waals surface area contributed by atoms with Gasteiger partial charge in [0.15, 0.2) is 18.0 Å². The standard InChI is InChI=1S/C37H63N9O17.H2/c1-18(4-8-58-10-6-42-27(52)16-60-31(23(50)14-47)30-19(2)21(45-36(38)39)12-25(62-30)34(54)55)5-9-59-11-7-43-28(53)17-61-32(24(51)15-48)33-29(44-20(3)49)22(46-37(40)41)13-26(63-33)35(56)57;/h12-13,18-19,21-24,29-33,47-48,50-51H,4-11,14-17H2,1-3H3,(H,42,52)(H,43,53)(H,44,49)(H,54,55)(H,56,57)(H4,38,39,45)(H4,40,41,46);1H/t18?,19-,21+,22+,23-,24-,29-,30-,31-,32-,33-;/m1./s1/i;1+2. The van der Waals surface area contributed by atoms with E-state index in [-0.39, 0.29) is 39.6 Å². The topological polar surface area (TPSA) is 427 Å². The van der Waals surface area contributed by atoms with Crippen molar-refractivity contribution in [3.05, 3.63) is 23.7 Å². The lowest BCUT2D eigenvalue weighted by atomic mass is 9.87. The molecule has 63 heavy (non-hydrogen) atoms. The predicted molar refractivity (Wildman–Crippen MR) is 221 cm³/mol. The first kappa shape index (κ1) is 53.8. The molecule has 2 aliphatic rings. The second-order valence-electron chi connectivity index (χ2n) is 14.7. The smallest absolute Gasteiger partial charge is 0.370 e. The number of aliphatic hydroxyl groups excluding tert-OH is 4. The Hall–Kier alpha value is -5.35. The molecule has 26 heteroatoms. The van der Waals surface area contributed by atoms with Crippen LogP contribution < -0.4 is 38.9 Å². The molecule has 0 radical (unpaired) electrons. The third kappa shape index (κ3) is 18.9. The number of nitrogens with two attached hydrogens (primary N) is 4. The monoisotopic (exact) mass is 909 g/mol. The van der Waals surface area contributed by atoms with Crippen molar-refractivity contribution in [1.82, 2.24) is 16.0 Å². The van der Waals surface area contributed by atoms with Gasteiger partial charge in [-0.15, -0.1) is 0 Å². The number of carbonyl (C=O) groups excluding carboxylic acids is 3. The van der Waals surface area contributed by atoms with Crippen LogP contribution in [0.4, 0.5) is 0 Å². The zero-order valence-electron chi connectivity index (χ0n) is 35.4. The van der Waals surface area contributed by atoms with Crippen LogP contribution in [0.2, 0.25) is 0 Å². The fourth-order valence-corrected chi connectivity index (χ4v) is 6.35. The van der Waals surface area contributed by atoms with Crippen LogP contribution >= 0.6 is 0 Å². The number of ether oxygens (including phenoxy) is 6. The molecule has 0 saturated heterocycles. The van der Waals surface area contributed by atoms with Crippen LogP contribution in [0.15, 0.2) is 33.7 Å². The van der Waals surface area contributed by atoms with Crippen LogP contribution in [0, 0.1) is 11.8 Å². The summed E-state index contributed by atoms with van der Waals surface area (Å²) < 4.78 is 33.5. The molecule has 0 aromatic heterocycles. The highest BCUT2D eigenvalue weighted by molar-refractivity contribution is 5.86. The second kappa shape index (κ2) is 27.7. The van der Waals surface area contributed by atoms with Crippen LogP contribution in [-0.4, -0.2) is 193 Å². The Balaban J connectivity index is 0.0000205. The van der Waals surface area contributed by atoms with E-state index in [0.717, 1.165) is 6.08 Å². The number of guanidine groups is 2. The summed E-state index contributed by atoms with van der Waals surface area (Å²) in [5.74, 6) is -6.94. The van der Waals surface area contributed by atoms with Crippen molar-refractivity contribution in [2.45, 2.75) is 88.4 Å². The van der Waals surface area contributed by atoms with Crippen molar-refractivity contribution in [2.24, 2.45) is 44.8 Å². The van der Waals surface area contributed by atoms with Crippen LogP contribution in [0.25, 0.3) is 0 Å². The highest BCUT2D eigenvalue weighted by Gasteiger charge is 2.46. The molecule has 2 heterocycles. The van der Waals surface area contributed by atoms with Gasteiger partial charge in [0, 0.05) is 40.6 Å². The molecular weight excluding hydrogens is 842 g/mol. The number of nitrogens with one attached hydrogen (secondary N) is 3. The Kier molecular flexibility index (Phi) is 23.6. The summed E-state index contributed by atoms with van der Waals surface area (Å²) >= 11 is 0. The summed E-state index contributed by atoms with van der Waals surface area (Å²) in [7, 11) is 0. The quantitative estimate of drug-likeness (QED) is 0.0189. The minimum Gasteiger partial charge on any atom is -0.480 e. The Labute approximate surface area is 364 Å². The van der Waals surface area contributed by atoms with E-state index in [9.17, 15) is 54.6 Å². The summed E-state index contributed by atoms with van der Waals surface area (Å²) in [6.07, 6.45) is -5.04. The SMILES string of the molecule is CC(=O)N[C@H]1[C@H]([C@H](OCC(=O)NCCOCCC(C)CCOCCNC(=O)CO[C@@H]([C@@H]2OC(C(=O)O)=C[C@H](N=C(N)N)[C@H]2C)[C@H](O)CO)[C@H](O)CO)OC(C(=O)O)=C[C@@H]1N=C(N)N.[3HH]. The van der Waals surface area contributed by atoms with Gasteiger partial charge in [0.2, 0.25) is 29.2 Å². The molecule has 2 aliphatic heterocycles. The number of aliphatic hydroxyl groups is 4. The average molecular weight is 910 g/mol. The number of hydrogen-bond donors (Lipinski definition) is 13. The van der Waals surface area contributed by atoms with E-state index in [0.29, 0.717) is 26.1 Å². The van der Waals surface area contributed by atoms with Gasteiger partial charge in [0.1, 0.15) is 43.7 Å². The van der Waals surface area contributed by atoms with E-state index in [2.05, 4.69) is 25.9 Å². The molecule has 0 bridgehead atoms. The minimum absolute atomic E-state index is 0. The van der Waals surface area contributed by atoms with Crippen molar-refractivity contribution in [2.75, 3.05) is 65.9 Å². The highest BCUT2D eigenvalue weighted by Crippen LogP contribution is 2.31. The molecule has 0 aromatic carbocycles. The van der Waals surface area contributed by atoms with Gasteiger partial charge in [0.05, 0.1) is 44.6 Å². The summed E-state index contributed by atoms with van der Waals surface area (Å²) in [5.41, 5.74) is 22.0. The largest absolute Gasteiger partial charge is 0.480 e. The lowest BCUT2D eigenvalue weighted by Crippen LogP contribution is -2.60. The number of carboxylic acid groups (broad SMARTS) is 2. The molecule has 360 valence electrons. The first-order chi connectivity index (χ1) is 29.8. The van der Waals surface area contributed by atoms with Gasteiger partial charge in [-0.3, -0.25) is 14.4 Å². The van der Waals surface area contributed by atoms with Gasteiger partial charge in [-0.2, -0.15) is 0 Å². The molecule has 11 atom stereocenters. The van der Waals surface area contributed by atoms with Crippen LogP contribution in [-0.2, 0) is 52.4 Å². The second-order valence-corrected chi connectivity index (χ2v) is 14.7. The summed E-state index contributed by atoms with van der Waals surface area (Å²) in [6, 6.07) is -3.17. The van der Waals surface area contributed by atoms with E-state index < -0.39 is 134 Å². The maximum Gasteiger partial charge on any atom is 0.370 e. The molecule has 26 nitrogen and oxygen atoms in total. The normalized spacial score (nSPS) is 23.1. The zero-order chi connectivity index (χ0) is 47.2. The van der Waals surface area contributed by atoms with Crippen LogP contribution in [0.5, 0.6) is 0 Å².